The average molecular weight is 288 g/mol. The van der Waals surface area contributed by atoms with E-state index in [9.17, 15) is 0 Å². The van der Waals surface area contributed by atoms with E-state index >= 15 is 0 Å². The van der Waals surface area contributed by atoms with Gasteiger partial charge < -0.3 is 10.2 Å². The van der Waals surface area contributed by atoms with E-state index < -0.39 is 0 Å². The van der Waals surface area contributed by atoms with Crippen LogP contribution < -0.4 is 10.2 Å². The van der Waals surface area contributed by atoms with Gasteiger partial charge in [0.1, 0.15) is 5.82 Å². The summed E-state index contributed by atoms with van der Waals surface area (Å²) < 4.78 is 0. The second kappa shape index (κ2) is 6.73. The molecule has 21 heavy (non-hydrogen) atoms. The van der Waals surface area contributed by atoms with Crippen LogP contribution in [0.15, 0.2) is 12.4 Å². The lowest BCUT2D eigenvalue weighted by Crippen LogP contribution is -2.47. The Hall–Kier alpha value is -1.16. The highest BCUT2D eigenvalue weighted by molar-refractivity contribution is 5.38. The van der Waals surface area contributed by atoms with Crippen LogP contribution in [0.5, 0.6) is 0 Å². The standard InChI is InChI=1S/C17H28N4/c1-13(2)18-10-15-11-20-17(12-19-15)21-9-5-7-14-6-3-4-8-16(14)21/h11-14,16,18H,3-10H2,1-2H3/t14-,16-/m1/s1. The largest absolute Gasteiger partial charge is 0.352 e. The first kappa shape index (κ1) is 14.8. The first-order valence-electron chi connectivity index (χ1n) is 8.55. The quantitative estimate of drug-likeness (QED) is 0.924. The Labute approximate surface area is 128 Å². The zero-order chi connectivity index (χ0) is 14.7. The number of nitrogens with zero attached hydrogens (tertiary/aromatic N) is 3. The molecule has 116 valence electrons. The summed E-state index contributed by atoms with van der Waals surface area (Å²) in [5.74, 6) is 1.97. The number of hydrogen-bond acceptors (Lipinski definition) is 4. The summed E-state index contributed by atoms with van der Waals surface area (Å²) in [4.78, 5) is 11.8. The Bertz CT molecular complexity index is 441. The smallest absolute Gasteiger partial charge is 0.147 e. The molecule has 4 heteroatoms. The molecule has 0 radical (unpaired) electrons. The third-order valence-corrected chi connectivity index (χ3v) is 4.92. The topological polar surface area (TPSA) is 41.1 Å². The maximum absolute atomic E-state index is 4.69. The van der Waals surface area contributed by atoms with Gasteiger partial charge in [0.15, 0.2) is 0 Å². The number of rotatable bonds is 4. The Morgan fingerprint density at radius 2 is 1.95 bits per heavy atom. The van der Waals surface area contributed by atoms with Crippen molar-refractivity contribution in [3.8, 4) is 0 Å². The van der Waals surface area contributed by atoms with Gasteiger partial charge in [-0.1, -0.05) is 26.7 Å². The molecule has 2 atom stereocenters. The molecular formula is C17H28N4. The molecule has 1 saturated carbocycles. The predicted molar refractivity (Wildman–Crippen MR) is 86.3 cm³/mol. The second-order valence-corrected chi connectivity index (χ2v) is 6.85. The molecule has 2 fully saturated rings. The minimum atomic E-state index is 0.483. The van der Waals surface area contributed by atoms with Crippen molar-refractivity contribution in [1.29, 1.82) is 0 Å². The number of aromatic nitrogens is 2. The van der Waals surface area contributed by atoms with Gasteiger partial charge in [-0.3, -0.25) is 4.98 Å². The molecule has 0 amide bonds. The Kier molecular flexibility index (Phi) is 4.73. The summed E-state index contributed by atoms with van der Waals surface area (Å²) in [6.45, 7) is 6.26. The van der Waals surface area contributed by atoms with Crippen LogP contribution in [-0.2, 0) is 6.54 Å². The van der Waals surface area contributed by atoms with Crippen molar-refractivity contribution < 1.29 is 0 Å². The fourth-order valence-corrected chi connectivity index (χ4v) is 3.81. The summed E-state index contributed by atoms with van der Waals surface area (Å²) in [6, 6.07) is 1.19. The molecule has 0 aromatic carbocycles. The third-order valence-electron chi connectivity index (χ3n) is 4.92. The molecule has 0 bridgehead atoms. The van der Waals surface area contributed by atoms with Crippen LogP contribution in [0.4, 0.5) is 5.82 Å². The lowest BCUT2D eigenvalue weighted by molar-refractivity contribution is 0.242. The van der Waals surface area contributed by atoms with E-state index in [1.807, 2.05) is 12.4 Å². The van der Waals surface area contributed by atoms with Gasteiger partial charge in [-0.25, -0.2) is 4.98 Å². The molecule has 0 spiro atoms. The Morgan fingerprint density at radius 3 is 2.71 bits per heavy atom. The first-order chi connectivity index (χ1) is 10.2. The zero-order valence-corrected chi connectivity index (χ0v) is 13.4. The van der Waals surface area contributed by atoms with E-state index in [0.29, 0.717) is 12.1 Å². The minimum absolute atomic E-state index is 0.483. The molecule has 1 saturated heterocycles. The SMILES string of the molecule is CC(C)NCc1cnc(N2CCC[C@H]3CCCC[C@H]32)cn1. The fourth-order valence-electron chi connectivity index (χ4n) is 3.81. The zero-order valence-electron chi connectivity index (χ0n) is 13.4. The molecule has 1 N–H and O–H groups in total. The van der Waals surface area contributed by atoms with Gasteiger partial charge >= 0.3 is 0 Å². The third kappa shape index (κ3) is 3.54. The Morgan fingerprint density at radius 1 is 1.14 bits per heavy atom. The lowest BCUT2D eigenvalue weighted by atomic mass is 9.78. The van der Waals surface area contributed by atoms with Crippen LogP contribution in [0, 0.1) is 5.92 Å². The highest BCUT2D eigenvalue weighted by Gasteiger charge is 2.33. The van der Waals surface area contributed by atoms with Gasteiger partial charge in [0.05, 0.1) is 18.1 Å². The van der Waals surface area contributed by atoms with E-state index in [1.54, 1.807) is 0 Å². The van der Waals surface area contributed by atoms with Crippen LogP contribution in [0.25, 0.3) is 0 Å². The van der Waals surface area contributed by atoms with Gasteiger partial charge in [-0.05, 0) is 31.6 Å². The van der Waals surface area contributed by atoms with Gasteiger partial charge in [-0.15, -0.1) is 0 Å². The fraction of sp³-hybridized carbons (Fsp3) is 0.765. The summed E-state index contributed by atoms with van der Waals surface area (Å²) in [6.07, 6.45) is 12.2. The van der Waals surface area contributed by atoms with Crippen LogP contribution in [0.1, 0.15) is 58.1 Å². The summed E-state index contributed by atoms with van der Waals surface area (Å²) in [5.41, 5.74) is 1.03. The van der Waals surface area contributed by atoms with Crippen molar-refractivity contribution in [2.24, 2.45) is 5.92 Å². The summed E-state index contributed by atoms with van der Waals surface area (Å²) >= 11 is 0. The normalized spacial score (nSPS) is 26.0. The van der Waals surface area contributed by atoms with Crippen LogP contribution >= 0.6 is 0 Å². The minimum Gasteiger partial charge on any atom is -0.352 e. The van der Waals surface area contributed by atoms with Crippen LogP contribution in [-0.4, -0.2) is 28.6 Å². The second-order valence-electron chi connectivity index (χ2n) is 6.85. The first-order valence-corrected chi connectivity index (χ1v) is 8.55. The number of nitrogens with one attached hydrogen (secondary N) is 1. The summed E-state index contributed by atoms with van der Waals surface area (Å²) in [7, 11) is 0. The van der Waals surface area contributed by atoms with Gasteiger partial charge in [0.25, 0.3) is 0 Å². The summed E-state index contributed by atoms with van der Waals surface area (Å²) in [5, 5.41) is 3.39. The highest BCUT2D eigenvalue weighted by atomic mass is 15.2. The monoisotopic (exact) mass is 288 g/mol. The molecule has 0 unspecified atom stereocenters. The van der Waals surface area contributed by atoms with Crippen LogP contribution in [0.2, 0.25) is 0 Å². The van der Waals surface area contributed by atoms with Crippen molar-refractivity contribution in [3.63, 3.8) is 0 Å². The van der Waals surface area contributed by atoms with Crippen molar-refractivity contribution in [2.45, 2.75) is 71.0 Å². The molecule has 2 aliphatic rings. The maximum Gasteiger partial charge on any atom is 0.147 e. The number of hydrogen-bond donors (Lipinski definition) is 1. The molecule has 4 nitrogen and oxygen atoms in total. The van der Waals surface area contributed by atoms with Crippen molar-refractivity contribution in [1.82, 2.24) is 15.3 Å². The molecule has 1 aliphatic carbocycles. The van der Waals surface area contributed by atoms with Crippen LogP contribution in [0.3, 0.4) is 0 Å². The van der Waals surface area contributed by atoms with Crippen molar-refractivity contribution >= 4 is 5.82 Å². The van der Waals surface area contributed by atoms with E-state index in [4.69, 9.17) is 4.98 Å². The highest BCUT2D eigenvalue weighted by Crippen LogP contribution is 2.36. The van der Waals surface area contributed by atoms with E-state index in [1.165, 1.54) is 38.5 Å². The van der Waals surface area contributed by atoms with Gasteiger partial charge in [-0.2, -0.15) is 0 Å². The number of piperidine rings is 1. The number of anilines is 1. The predicted octanol–water partition coefficient (Wildman–Crippen LogP) is 3.13. The average Bonchev–Trinajstić information content (AvgIpc) is 2.53. The Balaban J connectivity index is 1.67. The van der Waals surface area contributed by atoms with Gasteiger partial charge in [0.2, 0.25) is 0 Å². The van der Waals surface area contributed by atoms with E-state index in [2.05, 4.69) is 29.0 Å². The molecule has 2 heterocycles. The van der Waals surface area contributed by atoms with E-state index in [-0.39, 0.29) is 0 Å². The van der Waals surface area contributed by atoms with Crippen molar-refractivity contribution in [3.05, 3.63) is 18.1 Å². The molecule has 1 aliphatic heterocycles. The molecule has 1 aromatic heterocycles. The lowest BCUT2D eigenvalue weighted by Gasteiger charge is -2.44. The molecular weight excluding hydrogens is 260 g/mol. The maximum atomic E-state index is 4.69. The van der Waals surface area contributed by atoms with E-state index in [0.717, 1.165) is 30.5 Å². The molecule has 1 aromatic rings. The van der Waals surface area contributed by atoms with Crippen molar-refractivity contribution in [2.75, 3.05) is 11.4 Å². The van der Waals surface area contributed by atoms with Gasteiger partial charge in [0, 0.05) is 25.2 Å². The molecule has 3 rings (SSSR count). The number of fused-ring (bicyclic) bond motifs is 1.